The van der Waals surface area contributed by atoms with Gasteiger partial charge >= 0.3 is 0 Å². The van der Waals surface area contributed by atoms with E-state index >= 15 is 0 Å². The van der Waals surface area contributed by atoms with E-state index in [2.05, 4.69) is 20.9 Å². The Kier molecular flexibility index (Phi) is 9.44. The molecule has 0 aliphatic heterocycles. The number of aliphatic imine (C=N–C) groups is 1. The summed E-state index contributed by atoms with van der Waals surface area (Å²) in [5.41, 5.74) is 1.63. The Morgan fingerprint density at radius 1 is 1.10 bits per heavy atom. The number of ether oxygens (including phenoxy) is 1. The first kappa shape index (κ1) is 22.9. The Balaban J connectivity index is 1.35. The van der Waals surface area contributed by atoms with Crippen molar-refractivity contribution in [2.45, 2.75) is 57.7 Å². The van der Waals surface area contributed by atoms with E-state index in [9.17, 15) is 4.79 Å². The topological polar surface area (TPSA) is 87.9 Å². The fourth-order valence-corrected chi connectivity index (χ4v) is 3.67. The number of furan rings is 1. The third-order valence-corrected chi connectivity index (χ3v) is 5.40. The van der Waals surface area contributed by atoms with Gasteiger partial charge in [-0.05, 0) is 49.1 Å². The van der Waals surface area contributed by atoms with E-state index in [1.165, 1.54) is 32.1 Å². The second kappa shape index (κ2) is 12.8. The highest BCUT2D eigenvalue weighted by molar-refractivity contribution is 5.94. The third-order valence-electron chi connectivity index (χ3n) is 5.40. The molecule has 0 saturated heterocycles. The molecule has 3 rings (SSSR count). The highest BCUT2D eigenvalue weighted by Crippen LogP contribution is 2.20. The molecule has 1 aliphatic rings. The molecule has 0 atom stereocenters. The summed E-state index contributed by atoms with van der Waals surface area (Å²) in [7, 11) is 1.76. The largest absolute Gasteiger partial charge is 0.467 e. The van der Waals surface area contributed by atoms with Gasteiger partial charge in [-0.2, -0.15) is 0 Å². The molecule has 1 aromatic heterocycles. The van der Waals surface area contributed by atoms with Crippen molar-refractivity contribution in [1.29, 1.82) is 0 Å². The Hall–Kier alpha value is -2.80. The minimum Gasteiger partial charge on any atom is -0.467 e. The zero-order valence-electron chi connectivity index (χ0n) is 18.4. The summed E-state index contributed by atoms with van der Waals surface area (Å²) in [6.07, 6.45) is 9.35. The van der Waals surface area contributed by atoms with Gasteiger partial charge in [0, 0.05) is 32.3 Å². The number of benzene rings is 1. The van der Waals surface area contributed by atoms with Gasteiger partial charge in [-0.3, -0.25) is 9.79 Å². The van der Waals surface area contributed by atoms with E-state index in [0.717, 1.165) is 36.9 Å². The second-order valence-corrected chi connectivity index (χ2v) is 7.80. The number of amides is 1. The molecule has 1 fully saturated rings. The van der Waals surface area contributed by atoms with E-state index in [0.29, 0.717) is 24.8 Å². The van der Waals surface area contributed by atoms with Crippen LogP contribution in [0.25, 0.3) is 0 Å². The number of hydrogen-bond donors (Lipinski definition) is 3. The van der Waals surface area contributed by atoms with Crippen molar-refractivity contribution in [2.75, 3.05) is 20.2 Å². The Morgan fingerprint density at radius 2 is 1.97 bits per heavy atom. The van der Waals surface area contributed by atoms with Crippen LogP contribution in [0.3, 0.4) is 0 Å². The Labute approximate surface area is 184 Å². The van der Waals surface area contributed by atoms with Crippen molar-refractivity contribution in [2.24, 2.45) is 4.99 Å². The van der Waals surface area contributed by atoms with Crippen LogP contribution in [0.15, 0.2) is 52.1 Å². The minimum absolute atomic E-state index is 0.126. The molecule has 1 amide bonds. The van der Waals surface area contributed by atoms with Crippen molar-refractivity contribution in [1.82, 2.24) is 16.0 Å². The van der Waals surface area contributed by atoms with Gasteiger partial charge in [0.2, 0.25) is 0 Å². The lowest BCUT2D eigenvalue weighted by Gasteiger charge is -2.22. The molecule has 2 aromatic rings. The Morgan fingerprint density at radius 3 is 2.74 bits per heavy atom. The first-order valence-electron chi connectivity index (χ1n) is 11.2. The summed E-state index contributed by atoms with van der Waals surface area (Å²) in [5.74, 6) is 1.34. The van der Waals surface area contributed by atoms with Gasteiger partial charge in [-0.15, -0.1) is 0 Å². The average molecular weight is 427 g/mol. The number of carbonyl (C=O) groups excluding carboxylic acids is 1. The van der Waals surface area contributed by atoms with Crippen molar-refractivity contribution in [3.05, 3.63) is 59.5 Å². The van der Waals surface area contributed by atoms with E-state index in [-0.39, 0.29) is 5.91 Å². The maximum atomic E-state index is 12.4. The smallest absolute Gasteiger partial charge is 0.251 e. The van der Waals surface area contributed by atoms with E-state index < -0.39 is 0 Å². The highest BCUT2D eigenvalue weighted by Gasteiger charge is 2.13. The number of nitrogens with one attached hydrogen (secondary N) is 3. The van der Waals surface area contributed by atoms with Gasteiger partial charge in [0.1, 0.15) is 5.76 Å². The number of rotatable bonds is 10. The third kappa shape index (κ3) is 8.09. The highest BCUT2D eigenvalue weighted by atomic mass is 16.5. The molecule has 168 valence electrons. The first-order valence-corrected chi connectivity index (χ1v) is 11.2. The number of carbonyl (C=O) groups is 1. The second-order valence-electron chi connectivity index (χ2n) is 7.80. The zero-order valence-corrected chi connectivity index (χ0v) is 18.4. The van der Waals surface area contributed by atoms with Crippen LogP contribution in [0.2, 0.25) is 0 Å². The SMILES string of the molecule is CN=C(NCCCOC1CCCCC1)NCc1cccc(C(=O)NCc2ccco2)c1. The molecule has 31 heavy (non-hydrogen) atoms. The van der Waals surface area contributed by atoms with Crippen LogP contribution < -0.4 is 16.0 Å². The van der Waals surface area contributed by atoms with Gasteiger partial charge in [-0.1, -0.05) is 31.4 Å². The predicted octanol–water partition coefficient (Wildman–Crippen LogP) is 3.61. The maximum absolute atomic E-state index is 12.4. The van der Waals surface area contributed by atoms with Gasteiger partial charge < -0.3 is 25.1 Å². The van der Waals surface area contributed by atoms with Crippen LogP contribution in [0, 0.1) is 0 Å². The van der Waals surface area contributed by atoms with E-state index in [4.69, 9.17) is 9.15 Å². The van der Waals surface area contributed by atoms with Crippen LogP contribution in [0.4, 0.5) is 0 Å². The van der Waals surface area contributed by atoms with Crippen molar-refractivity contribution in [3.63, 3.8) is 0 Å². The standard InChI is InChI=1S/C24H34N4O3/c1-25-24(26-13-7-15-30-21-10-3-2-4-11-21)28-17-19-8-5-9-20(16-19)23(29)27-18-22-12-6-14-31-22/h5-6,8-9,12,14,16,21H,2-4,7,10-11,13,15,17-18H2,1H3,(H,27,29)(H2,25,26,28). The predicted molar refractivity (Wildman–Crippen MR) is 122 cm³/mol. The normalized spacial score (nSPS) is 14.9. The summed E-state index contributed by atoms with van der Waals surface area (Å²) in [6, 6.07) is 11.2. The fraction of sp³-hybridized carbons (Fsp3) is 0.500. The molecule has 0 radical (unpaired) electrons. The Bertz CT molecular complexity index is 814. The monoisotopic (exact) mass is 426 g/mol. The zero-order chi connectivity index (χ0) is 21.7. The maximum Gasteiger partial charge on any atom is 0.251 e. The molecular formula is C24H34N4O3. The van der Waals surface area contributed by atoms with Crippen molar-refractivity contribution < 1.29 is 13.9 Å². The lowest BCUT2D eigenvalue weighted by Crippen LogP contribution is -2.37. The summed E-state index contributed by atoms with van der Waals surface area (Å²) in [5, 5.41) is 9.48. The minimum atomic E-state index is -0.126. The molecule has 0 bridgehead atoms. The summed E-state index contributed by atoms with van der Waals surface area (Å²) in [4.78, 5) is 16.7. The van der Waals surface area contributed by atoms with Crippen LogP contribution >= 0.6 is 0 Å². The number of nitrogens with zero attached hydrogens (tertiary/aromatic N) is 1. The number of guanidine groups is 1. The molecule has 1 aromatic carbocycles. The molecule has 0 unspecified atom stereocenters. The van der Waals surface area contributed by atoms with Crippen LogP contribution in [0.5, 0.6) is 0 Å². The first-order chi connectivity index (χ1) is 15.2. The number of hydrogen-bond acceptors (Lipinski definition) is 4. The molecule has 7 nitrogen and oxygen atoms in total. The summed E-state index contributed by atoms with van der Waals surface area (Å²) in [6.45, 7) is 2.54. The molecule has 3 N–H and O–H groups in total. The quantitative estimate of drug-likeness (QED) is 0.307. The summed E-state index contributed by atoms with van der Waals surface area (Å²) >= 11 is 0. The van der Waals surface area contributed by atoms with Gasteiger partial charge in [-0.25, -0.2) is 0 Å². The van der Waals surface area contributed by atoms with Crippen LogP contribution in [-0.4, -0.2) is 38.2 Å². The molecule has 0 spiro atoms. The molecule has 1 aliphatic carbocycles. The summed E-state index contributed by atoms with van der Waals surface area (Å²) < 4.78 is 11.2. The lowest BCUT2D eigenvalue weighted by molar-refractivity contribution is 0.0277. The van der Waals surface area contributed by atoms with Gasteiger partial charge in [0.05, 0.1) is 18.9 Å². The average Bonchev–Trinajstić information content (AvgIpc) is 3.34. The molecule has 1 heterocycles. The van der Waals surface area contributed by atoms with Crippen molar-refractivity contribution in [3.8, 4) is 0 Å². The lowest BCUT2D eigenvalue weighted by atomic mass is 9.98. The van der Waals surface area contributed by atoms with Gasteiger partial charge in [0.15, 0.2) is 5.96 Å². The van der Waals surface area contributed by atoms with E-state index in [1.807, 2.05) is 24.3 Å². The van der Waals surface area contributed by atoms with Gasteiger partial charge in [0.25, 0.3) is 5.91 Å². The fourth-order valence-electron chi connectivity index (χ4n) is 3.67. The molecular weight excluding hydrogens is 392 g/mol. The van der Waals surface area contributed by atoms with E-state index in [1.54, 1.807) is 25.4 Å². The van der Waals surface area contributed by atoms with Crippen molar-refractivity contribution >= 4 is 11.9 Å². The van der Waals surface area contributed by atoms with Crippen LogP contribution in [-0.2, 0) is 17.8 Å². The molecule has 1 saturated carbocycles. The van der Waals surface area contributed by atoms with Crippen LogP contribution in [0.1, 0.15) is 60.2 Å². The molecule has 7 heteroatoms.